The van der Waals surface area contributed by atoms with E-state index in [-0.39, 0.29) is 6.61 Å². The monoisotopic (exact) mass is 288 g/mol. The SMILES string of the molecule is CC(N)c1ccc(OCc2cc(F)ccc2C#N)cc1F. The van der Waals surface area contributed by atoms with Gasteiger partial charge in [0.05, 0.1) is 11.6 Å². The highest BCUT2D eigenvalue weighted by molar-refractivity contribution is 5.38. The number of hydrogen-bond donors (Lipinski definition) is 1. The van der Waals surface area contributed by atoms with Gasteiger partial charge in [-0.1, -0.05) is 6.07 Å². The lowest BCUT2D eigenvalue weighted by molar-refractivity contribution is 0.303. The van der Waals surface area contributed by atoms with Crippen LogP contribution in [-0.2, 0) is 6.61 Å². The second-order valence-electron chi connectivity index (χ2n) is 4.67. The third kappa shape index (κ3) is 3.56. The van der Waals surface area contributed by atoms with Gasteiger partial charge in [-0.2, -0.15) is 5.26 Å². The lowest BCUT2D eigenvalue weighted by Crippen LogP contribution is -2.07. The van der Waals surface area contributed by atoms with Crippen LogP contribution in [0, 0.1) is 23.0 Å². The average molecular weight is 288 g/mol. The molecule has 0 heterocycles. The van der Waals surface area contributed by atoms with Crippen molar-refractivity contribution in [3.8, 4) is 11.8 Å². The van der Waals surface area contributed by atoms with Crippen LogP contribution in [0.15, 0.2) is 36.4 Å². The molecule has 2 aromatic carbocycles. The van der Waals surface area contributed by atoms with Gasteiger partial charge in [0.1, 0.15) is 24.0 Å². The molecule has 0 bridgehead atoms. The molecule has 1 unspecified atom stereocenters. The number of benzene rings is 2. The van der Waals surface area contributed by atoms with Gasteiger partial charge in [0.2, 0.25) is 0 Å². The van der Waals surface area contributed by atoms with Gasteiger partial charge in [-0.05, 0) is 31.2 Å². The summed E-state index contributed by atoms with van der Waals surface area (Å²) in [5, 5.41) is 8.95. The molecule has 2 N–H and O–H groups in total. The Kier molecular flexibility index (Phi) is 4.51. The summed E-state index contributed by atoms with van der Waals surface area (Å²) < 4.78 is 32.3. The highest BCUT2D eigenvalue weighted by Crippen LogP contribution is 2.22. The minimum Gasteiger partial charge on any atom is -0.489 e. The molecule has 2 rings (SSSR count). The number of nitriles is 1. The highest BCUT2D eigenvalue weighted by Gasteiger charge is 2.09. The van der Waals surface area contributed by atoms with Crippen molar-refractivity contribution < 1.29 is 13.5 Å². The molecule has 21 heavy (non-hydrogen) atoms. The molecule has 1 atom stereocenters. The summed E-state index contributed by atoms with van der Waals surface area (Å²) >= 11 is 0. The predicted molar refractivity (Wildman–Crippen MR) is 74.4 cm³/mol. The maximum Gasteiger partial charge on any atom is 0.131 e. The van der Waals surface area contributed by atoms with E-state index in [1.165, 1.54) is 24.3 Å². The van der Waals surface area contributed by atoms with Crippen LogP contribution in [0.25, 0.3) is 0 Å². The molecule has 0 amide bonds. The van der Waals surface area contributed by atoms with Gasteiger partial charge in [0.25, 0.3) is 0 Å². The number of ether oxygens (including phenoxy) is 1. The fourth-order valence-corrected chi connectivity index (χ4v) is 1.92. The number of rotatable bonds is 4. The maximum atomic E-state index is 13.8. The minimum atomic E-state index is -0.456. The maximum absolute atomic E-state index is 13.8. The summed E-state index contributed by atoms with van der Waals surface area (Å²) in [4.78, 5) is 0. The molecule has 3 nitrogen and oxygen atoms in total. The lowest BCUT2D eigenvalue weighted by Gasteiger charge is -2.11. The van der Waals surface area contributed by atoms with Crippen LogP contribution in [0.3, 0.4) is 0 Å². The fraction of sp³-hybridized carbons (Fsp3) is 0.188. The first-order chi connectivity index (χ1) is 10.0. The van der Waals surface area contributed by atoms with Crippen molar-refractivity contribution >= 4 is 0 Å². The van der Waals surface area contributed by atoms with E-state index in [9.17, 15) is 8.78 Å². The third-order valence-corrected chi connectivity index (χ3v) is 3.04. The Labute approximate surface area is 121 Å². The molecule has 0 fully saturated rings. The van der Waals surface area contributed by atoms with Crippen molar-refractivity contribution in [2.24, 2.45) is 5.73 Å². The van der Waals surface area contributed by atoms with E-state index in [4.69, 9.17) is 15.7 Å². The number of hydrogen-bond acceptors (Lipinski definition) is 3. The van der Waals surface area contributed by atoms with Gasteiger partial charge in [-0.25, -0.2) is 8.78 Å². The van der Waals surface area contributed by atoms with Gasteiger partial charge >= 0.3 is 0 Å². The van der Waals surface area contributed by atoms with Crippen LogP contribution in [0.5, 0.6) is 5.75 Å². The lowest BCUT2D eigenvalue weighted by atomic mass is 10.1. The van der Waals surface area contributed by atoms with Crippen LogP contribution >= 0.6 is 0 Å². The summed E-state index contributed by atoms with van der Waals surface area (Å²) in [6, 6.07) is 9.73. The molecule has 0 saturated carbocycles. The van der Waals surface area contributed by atoms with Gasteiger partial charge in [0, 0.05) is 23.2 Å². The Hall–Kier alpha value is -2.45. The van der Waals surface area contributed by atoms with Crippen molar-refractivity contribution in [2.75, 3.05) is 0 Å². The zero-order valence-corrected chi connectivity index (χ0v) is 11.4. The standard InChI is InChI=1S/C16H14F2N2O/c1-10(20)15-5-4-14(7-16(15)18)21-9-12-6-13(17)3-2-11(12)8-19/h2-7,10H,9,20H2,1H3. The molecule has 0 radical (unpaired) electrons. The van der Waals surface area contributed by atoms with Crippen LogP contribution in [0.1, 0.15) is 29.7 Å². The van der Waals surface area contributed by atoms with Gasteiger partial charge < -0.3 is 10.5 Å². The molecule has 0 saturated heterocycles. The smallest absolute Gasteiger partial charge is 0.131 e. The first-order valence-electron chi connectivity index (χ1n) is 6.37. The van der Waals surface area contributed by atoms with Gasteiger partial charge in [-0.15, -0.1) is 0 Å². The molecular weight excluding hydrogens is 274 g/mol. The zero-order valence-electron chi connectivity index (χ0n) is 11.4. The average Bonchev–Trinajstić information content (AvgIpc) is 2.45. The Bertz CT molecular complexity index is 693. The van der Waals surface area contributed by atoms with E-state index in [1.807, 2.05) is 6.07 Å². The fourth-order valence-electron chi connectivity index (χ4n) is 1.92. The highest BCUT2D eigenvalue weighted by atomic mass is 19.1. The van der Waals surface area contributed by atoms with Crippen LogP contribution in [0.2, 0.25) is 0 Å². The molecule has 108 valence electrons. The van der Waals surface area contributed by atoms with Crippen molar-refractivity contribution in [1.29, 1.82) is 5.26 Å². The Morgan fingerprint density at radius 1 is 1.24 bits per heavy atom. The molecule has 0 spiro atoms. The largest absolute Gasteiger partial charge is 0.489 e. The van der Waals surface area contributed by atoms with E-state index in [0.717, 1.165) is 0 Å². The summed E-state index contributed by atoms with van der Waals surface area (Å²) in [5.74, 6) is -0.613. The summed E-state index contributed by atoms with van der Waals surface area (Å²) in [6.45, 7) is 1.67. The Morgan fingerprint density at radius 3 is 2.62 bits per heavy atom. The molecular formula is C16H14F2N2O. The topological polar surface area (TPSA) is 59.0 Å². The summed E-state index contributed by atoms with van der Waals surface area (Å²) in [7, 11) is 0. The normalized spacial score (nSPS) is 11.8. The van der Waals surface area contributed by atoms with E-state index >= 15 is 0 Å². The van der Waals surface area contributed by atoms with E-state index in [1.54, 1.807) is 19.1 Å². The van der Waals surface area contributed by atoms with E-state index in [0.29, 0.717) is 22.4 Å². The first kappa shape index (κ1) is 14.9. The molecule has 2 aromatic rings. The quantitative estimate of drug-likeness (QED) is 0.937. The molecule has 0 aliphatic heterocycles. The zero-order chi connectivity index (χ0) is 15.4. The second kappa shape index (κ2) is 6.33. The van der Waals surface area contributed by atoms with Crippen LogP contribution < -0.4 is 10.5 Å². The predicted octanol–water partition coefficient (Wildman–Crippen LogP) is 3.44. The van der Waals surface area contributed by atoms with Crippen molar-refractivity contribution in [3.63, 3.8) is 0 Å². The van der Waals surface area contributed by atoms with Crippen molar-refractivity contribution in [2.45, 2.75) is 19.6 Å². The first-order valence-corrected chi connectivity index (χ1v) is 6.37. The Morgan fingerprint density at radius 2 is 2.00 bits per heavy atom. The number of halogens is 2. The summed E-state index contributed by atoms with van der Waals surface area (Å²) in [6.07, 6.45) is 0. The van der Waals surface area contributed by atoms with E-state index < -0.39 is 17.7 Å². The second-order valence-corrected chi connectivity index (χ2v) is 4.67. The molecule has 0 aliphatic carbocycles. The van der Waals surface area contributed by atoms with Crippen molar-refractivity contribution in [3.05, 3.63) is 64.7 Å². The molecule has 5 heteroatoms. The van der Waals surface area contributed by atoms with Crippen LogP contribution in [0.4, 0.5) is 8.78 Å². The number of nitrogens with zero attached hydrogens (tertiary/aromatic N) is 1. The minimum absolute atomic E-state index is 0.0163. The van der Waals surface area contributed by atoms with Gasteiger partial charge in [0.15, 0.2) is 0 Å². The molecule has 0 aliphatic rings. The van der Waals surface area contributed by atoms with Crippen molar-refractivity contribution in [1.82, 2.24) is 0 Å². The third-order valence-electron chi connectivity index (χ3n) is 3.04. The van der Waals surface area contributed by atoms with Crippen LogP contribution in [-0.4, -0.2) is 0 Å². The summed E-state index contributed by atoms with van der Waals surface area (Å²) in [5.41, 5.74) is 6.75. The van der Waals surface area contributed by atoms with E-state index in [2.05, 4.69) is 0 Å². The van der Waals surface area contributed by atoms with Gasteiger partial charge in [-0.3, -0.25) is 0 Å². The number of nitrogens with two attached hydrogens (primary N) is 1. The molecule has 0 aromatic heterocycles. The Balaban J connectivity index is 2.16.